The van der Waals surface area contributed by atoms with Gasteiger partial charge in [-0.15, -0.1) is 0 Å². The highest BCUT2D eigenvalue weighted by Crippen LogP contribution is 2.35. The molecule has 3 aromatic carbocycles. The Morgan fingerprint density at radius 3 is 2.29 bits per heavy atom. The molecule has 1 aromatic heterocycles. The molecule has 5 rings (SSSR count). The molecule has 3 heteroatoms. The van der Waals surface area contributed by atoms with E-state index in [-0.39, 0.29) is 11.9 Å². The van der Waals surface area contributed by atoms with Crippen LogP contribution >= 0.6 is 0 Å². The maximum Gasteiger partial charge on any atom is 0.254 e. The first-order chi connectivity index (χ1) is 15.1. The average Bonchev–Trinajstić information content (AvgIpc) is 3.28. The smallest absolute Gasteiger partial charge is 0.254 e. The number of nitrogens with zero attached hydrogens (tertiary/aromatic N) is 2. The average molecular weight is 407 g/mol. The summed E-state index contributed by atoms with van der Waals surface area (Å²) >= 11 is 0. The summed E-state index contributed by atoms with van der Waals surface area (Å²) < 4.78 is 2.27. The van der Waals surface area contributed by atoms with E-state index in [1.807, 2.05) is 47.4 Å². The summed E-state index contributed by atoms with van der Waals surface area (Å²) in [6.07, 6.45) is 2.11. The molecule has 0 saturated carbocycles. The highest BCUT2D eigenvalue weighted by atomic mass is 16.2. The van der Waals surface area contributed by atoms with Gasteiger partial charge in [0.1, 0.15) is 0 Å². The van der Waals surface area contributed by atoms with E-state index < -0.39 is 0 Å². The zero-order valence-electron chi connectivity index (χ0n) is 18.0. The number of rotatable bonds is 3. The van der Waals surface area contributed by atoms with Gasteiger partial charge in [0.15, 0.2) is 0 Å². The molecule has 0 bridgehead atoms. The number of hydrogen-bond donors (Lipinski definition) is 0. The lowest BCUT2D eigenvalue weighted by Gasteiger charge is -2.38. The van der Waals surface area contributed by atoms with Crippen molar-refractivity contribution in [2.75, 3.05) is 6.54 Å². The second-order valence-electron chi connectivity index (χ2n) is 8.33. The van der Waals surface area contributed by atoms with E-state index in [0.29, 0.717) is 6.54 Å². The Balaban J connectivity index is 1.51. The van der Waals surface area contributed by atoms with Crippen molar-refractivity contribution in [2.45, 2.75) is 26.4 Å². The van der Waals surface area contributed by atoms with Gasteiger partial charge in [0.2, 0.25) is 0 Å². The first kappa shape index (κ1) is 19.4. The van der Waals surface area contributed by atoms with Gasteiger partial charge in [-0.2, -0.15) is 0 Å². The van der Waals surface area contributed by atoms with Crippen molar-refractivity contribution in [3.63, 3.8) is 0 Å². The van der Waals surface area contributed by atoms with Gasteiger partial charge in [-0.1, -0.05) is 66.2 Å². The molecular formula is C28H26N2O. The van der Waals surface area contributed by atoms with E-state index in [2.05, 4.69) is 67.1 Å². The molecule has 154 valence electrons. The summed E-state index contributed by atoms with van der Waals surface area (Å²) in [5.74, 6) is 0.0806. The standard InChI is InChI=1S/C28H26N2O/c1-20-10-15-25(21(2)19-20)27-26-9-6-16-29(26)17-18-30(27)28(31)24-13-11-23(12-14-24)22-7-4-3-5-8-22/h3-16,19,27H,17-18H2,1-2H3. The van der Waals surface area contributed by atoms with Crippen molar-refractivity contribution in [1.29, 1.82) is 0 Å². The molecule has 31 heavy (non-hydrogen) atoms. The maximum atomic E-state index is 13.7. The predicted molar refractivity (Wildman–Crippen MR) is 125 cm³/mol. The molecule has 1 atom stereocenters. The van der Waals surface area contributed by atoms with E-state index in [1.165, 1.54) is 22.4 Å². The van der Waals surface area contributed by atoms with E-state index in [0.717, 1.165) is 23.2 Å². The zero-order chi connectivity index (χ0) is 21.4. The normalized spacial score (nSPS) is 15.5. The van der Waals surface area contributed by atoms with Gasteiger partial charge in [0, 0.05) is 30.5 Å². The predicted octanol–water partition coefficient (Wildman–Crippen LogP) is 6.02. The molecule has 1 unspecified atom stereocenters. The van der Waals surface area contributed by atoms with Gasteiger partial charge in [0.25, 0.3) is 5.91 Å². The Morgan fingerprint density at radius 1 is 0.806 bits per heavy atom. The zero-order valence-corrected chi connectivity index (χ0v) is 18.0. The molecule has 1 amide bonds. The van der Waals surface area contributed by atoms with Gasteiger partial charge >= 0.3 is 0 Å². The SMILES string of the molecule is Cc1ccc(C2c3cccn3CCN2C(=O)c2ccc(-c3ccccc3)cc2)c(C)c1. The summed E-state index contributed by atoms with van der Waals surface area (Å²) in [5, 5.41) is 0. The van der Waals surface area contributed by atoms with Gasteiger partial charge in [-0.05, 0) is 60.4 Å². The molecule has 0 radical (unpaired) electrons. The van der Waals surface area contributed by atoms with E-state index >= 15 is 0 Å². The van der Waals surface area contributed by atoms with Crippen LogP contribution in [-0.2, 0) is 6.54 Å². The van der Waals surface area contributed by atoms with Crippen molar-refractivity contribution in [2.24, 2.45) is 0 Å². The fourth-order valence-electron chi connectivity index (χ4n) is 4.66. The van der Waals surface area contributed by atoms with Crippen LogP contribution in [0.3, 0.4) is 0 Å². The van der Waals surface area contributed by atoms with Crippen LogP contribution in [0.2, 0.25) is 0 Å². The second-order valence-corrected chi connectivity index (χ2v) is 8.33. The van der Waals surface area contributed by atoms with Gasteiger partial charge in [-0.25, -0.2) is 0 Å². The lowest BCUT2D eigenvalue weighted by molar-refractivity contribution is 0.0663. The maximum absolute atomic E-state index is 13.7. The number of carbonyl (C=O) groups is 1. The third-order valence-electron chi connectivity index (χ3n) is 6.26. The molecule has 0 aliphatic carbocycles. The monoisotopic (exact) mass is 406 g/mol. The summed E-state index contributed by atoms with van der Waals surface area (Å²) in [6, 6.07) is 28.9. The number of benzene rings is 3. The number of carbonyl (C=O) groups excluding carboxylic acids is 1. The molecule has 1 aliphatic rings. The largest absolute Gasteiger partial charge is 0.348 e. The number of aromatic nitrogens is 1. The molecule has 0 fully saturated rings. The fraction of sp³-hybridized carbons (Fsp3) is 0.179. The lowest BCUT2D eigenvalue weighted by Crippen LogP contribution is -2.42. The first-order valence-electron chi connectivity index (χ1n) is 10.8. The topological polar surface area (TPSA) is 25.2 Å². The quantitative estimate of drug-likeness (QED) is 0.409. The molecule has 0 saturated heterocycles. The molecule has 0 N–H and O–H groups in total. The van der Waals surface area contributed by atoms with E-state index in [4.69, 9.17) is 0 Å². The van der Waals surface area contributed by atoms with E-state index in [1.54, 1.807) is 0 Å². The summed E-state index contributed by atoms with van der Waals surface area (Å²) in [5.41, 5.74) is 7.83. The van der Waals surface area contributed by atoms with Gasteiger partial charge < -0.3 is 9.47 Å². The Bertz CT molecular complexity index is 1220. The van der Waals surface area contributed by atoms with Crippen LogP contribution in [0, 0.1) is 13.8 Å². The minimum atomic E-state index is -0.0781. The molecule has 3 nitrogen and oxygen atoms in total. The minimum absolute atomic E-state index is 0.0781. The van der Waals surface area contributed by atoms with Crippen molar-refractivity contribution in [3.05, 3.63) is 119 Å². The highest BCUT2D eigenvalue weighted by molar-refractivity contribution is 5.95. The van der Waals surface area contributed by atoms with Crippen molar-refractivity contribution < 1.29 is 4.79 Å². The first-order valence-corrected chi connectivity index (χ1v) is 10.8. The summed E-state index contributed by atoms with van der Waals surface area (Å²) in [7, 11) is 0. The Hall–Kier alpha value is -3.59. The summed E-state index contributed by atoms with van der Waals surface area (Å²) in [6.45, 7) is 5.76. The number of amides is 1. The van der Waals surface area contributed by atoms with Crippen LogP contribution in [0.25, 0.3) is 11.1 Å². The summed E-state index contributed by atoms with van der Waals surface area (Å²) in [4.78, 5) is 15.7. The van der Waals surface area contributed by atoms with Crippen molar-refractivity contribution in [1.82, 2.24) is 9.47 Å². The molecule has 1 aliphatic heterocycles. The number of fused-ring (bicyclic) bond motifs is 1. The van der Waals surface area contributed by atoms with E-state index in [9.17, 15) is 4.79 Å². The number of aryl methyl sites for hydroxylation is 2. The van der Waals surface area contributed by atoms with Crippen LogP contribution in [0.5, 0.6) is 0 Å². The Labute approximate surface area is 183 Å². The van der Waals surface area contributed by atoms with Crippen LogP contribution in [0.4, 0.5) is 0 Å². The van der Waals surface area contributed by atoms with Crippen LogP contribution in [-0.4, -0.2) is 21.9 Å². The van der Waals surface area contributed by atoms with Crippen molar-refractivity contribution in [3.8, 4) is 11.1 Å². The van der Waals surface area contributed by atoms with Gasteiger partial charge in [0.05, 0.1) is 6.04 Å². The number of hydrogen-bond acceptors (Lipinski definition) is 1. The van der Waals surface area contributed by atoms with Gasteiger partial charge in [-0.3, -0.25) is 4.79 Å². The molecular weight excluding hydrogens is 380 g/mol. The van der Waals surface area contributed by atoms with Crippen LogP contribution in [0.15, 0.2) is 91.1 Å². The minimum Gasteiger partial charge on any atom is -0.348 e. The Morgan fingerprint density at radius 2 is 1.55 bits per heavy atom. The highest BCUT2D eigenvalue weighted by Gasteiger charge is 2.33. The third kappa shape index (κ3) is 3.57. The van der Waals surface area contributed by atoms with Crippen molar-refractivity contribution >= 4 is 5.91 Å². The Kier molecular flexibility index (Phi) is 4.95. The lowest BCUT2D eigenvalue weighted by atomic mass is 9.93. The third-order valence-corrected chi connectivity index (χ3v) is 6.26. The fourth-order valence-corrected chi connectivity index (χ4v) is 4.66. The van der Waals surface area contributed by atoms with Crippen LogP contribution in [0.1, 0.15) is 38.8 Å². The second kappa shape index (κ2) is 7.92. The van der Waals surface area contributed by atoms with Crippen LogP contribution < -0.4 is 0 Å². The molecule has 4 aromatic rings. The molecule has 2 heterocycles. The molecule has 0 spiro atoms.